The molecule has 78 valence electrons. The van der Waals surface area contributed by atoms with Crippen molar-refractivity contribution in [1.29, 1.82) is 0 Å². The molecule has 2 rings (SSSR count). The van der Waals surface area contributed by atoms with Crippen LogP contribution in [-0.4, -0.2) is 4.57 Å². The first-order chi connectivity index (χ1) is 7.31. The van der Waals surface area contributed by atoms with E-state index in [1.165, 1.54) is 5.69 Å². The summed E-state index contributed by atoms with van der Waals surface area (Å²) in [5.74, 6) is 0. The summed E-state index contributed by atoms with van der Waals surface area (Å²) in [7, 11) is 0. The number of benzene rings is 1. The Hall–Kier alpha value is -1.35. The van der Waals surface area contributed by atoms with Crippen LogP contribution in [0.5, 0.6) is 0 Å². The molecule has 2 aromatic rings. The molecular formula is C12H14N2S. The van der Waals surface area contributed by atoms with E-state index in [1.807, 2.05) is 30.3 Å². The zero-order chi connectivity index (χ0) is 10.7. The van der Waals surface area contributed by atoms with Crippen molar-refractivity contribution >= 4 is 17.0 Å². The lowest BCUT2D eigenvalue weighted by Crippen LogP contribution is -2.14. The summed E-state index contributed by atoms with van der Waals surface area (Å²) in [4.78, 5) is 5.68. The van der Waals surface area contributed by atoms with Gasteiger partial charge in [-0.15, -0.1) is 11.3 Å². The maximum atomic E-state index is 4.61. The molecule has 0 atom stereocenters. The molecule has 1 aromatic carbocycles. The van der Waals surface area contributed by atoms with Crippen LogP contribution in [-0.2, 0) is 6.54 Å². The normalized spacial score (nSPS) is 12.0. The van der Waals surface area contributed by atoms with E-state index in [0.29, 0.717) is 0 Å². The van der Waals surface area contributed by atoms with Crippen molar-refractivity contribution in [2.24, 2.45) is 4.99 Å². The fourth-order valence-electron chi connectivity index (χ4n) is 1.50. The highest BCUT2D eigenvalue weighted by atomic mass is 32.1. The third-order valence-electron chi connectivity index (χ3n) is 2.29. The Morgan fingerprint density at radius 1 is 1.27 bits per heavy atom. The van der Waals surface area contributed by atoms with Crippen LogP contribution in [0.3, 0.4) is 0 Å². The molecule has 1 aromatic heterocycles. The molecule has 0 unspecified atom stereocenters. The molecule has 2 nitrogen and oxygen atoms in total. The first kappa shape index (κ1) is 10.2. The minimum atomic E-state index is 0.973. The molecule has 0 aliphatic heterocycles. The highest BCUT2D eigenvalue weighted by Gasteiger charge is 1.97. The van der Waals surface area contributed by atoms with Crippen LogP contribution >= 0.6 is 11.3 Å². The lowest BCUT2D eigenvalue weighted by atomic mass is 10.3. The van der Waals surface area contributed by atoms with Gasteiger partial charge in [0.2, 0.25) is 0 Å². The van der Waals surface area contributed by atoms with Gasteiger partial charge in [0, 0.05) is 17.6 Å². The third-order valence-corrected chi connectivity index (χ3v) is 3.27. The number of hydrogen-bond donors (Lipinski definition) is 0. The second-order valence-corrected chi connectivity index (χ2v) is 4.19. The first-order valence-corrected chi connectivity index (χ1v) is 5.94. The van der Waals surface area contributed by atoms with Gasteiger partial charge in [-0.3, -0.25) is 0 Å². The molecule has 0 saturated heterocycles. The lowest BCUT2D eigenvalue weighted by Gasteiger charge is -1.99. The van der Waals surface area contributed by atoms with Crippen molar-refractivity contribution < 1.29 is 0 Å². The topological polar surface area (TPSA) is 17.3 Å². The number of aryl methyl sites for hydroxylation is 1. The van der Waals surface area contributed by atoms with Crippen molar-refractivity contribution in [2.75, 3.05) is 0 Å². The van der Waals surface area contributed by atoms with Gasteiger partial charge in [-0.25, -0.2) is 4.99 Å². The molecule has 1 heterocycles. The lowest BCUT2D eigenvalue weighted by molar-refractivity contribution is 0.712. The summed E-state index contributed by atoms with van der Waals surface area (Å²) < 4.78 is 2.22. The van der Waals surface area contributed by atoms with Gasteiger partial charge in [-0.2, -0.15) is 0 Å². The van der Waals surface area contributed by atoms with Gasteiger partial charge in [-0.1, -0.05) is 18.2 Å². The molecule has 0 radical (unpaired) electrons. The smallest absolute Gasteiger partial charge is 0.190 e. The number of aromatic nitrogens is 1. The second kappa shape index (κ2) is 4.45. The fraction of sp³-hybridized carbons (Fsp3) is 0.250. The average molecular weight is 218 g/mol. The maximum absolute atomic E-state index is 4.61. The number of hydrogen-bond acceptors (Lipinski definition) is 2. The van der Waals surface area contributed by atoms with Crippen molar-refractivity contribution in [1.82, 2.24) is 4.57 Å². The summed E-state index contributed by atoms with van der Waals surface area (Å²) >= 11 is 1.69. The van der Waals surface area contributed by atoms with Crippen LogP contribution in [0, 0.1) is 6.92 Å². The van der Waals surface area contributed by atoms with Gasteiger partial charge >= 0.3 is 0 Å². The zero-order valence-corrected chi connectivity index (χ0v) is 9.79. The van der Waals surface area contributed by atoms with Crippen molar-refractivity contribution in [3.05, 3.63) is 46.2 Å². The first-order valence-electron chi connectivity index (χ1n) is 5.06. The monoisotopic (exact) mass is 218 g/mol. The predicted molar refractivity (Wildman–Crippen MR) is 64.4 cm³/mol. The molecule has 0 fully saturated rings. The SMILES string of the molecule is CCn1c(C)cs/c1=N/c1ccccc1. The Kier molecular flexibility index (Phi) is 3.02. The Labute approximate surface area is 93.5 Å². The van der Waals surface area contributed by atoms with Crippen molar-refractivity contribution in [2.45, 2.75) is 20.4 Å². The standard InChI is InChI=1S/C12H14N2S/c1-3-14-10(2)9-15-12(14)13-11-7-5-4-6-8-11/h4-9H,3H2,1-2H3/b13-12+. The molecule has 0 N–H and O–H groups in total. The van der Waals surface area contributed by atoms with Gasteiger partial charge in [0.05, 0.1) is 5.69 Å². The molecule has 0 amide bonds. The van der Waals surface area contributed by atoms with E-state index in [1.54, 1.807) is 11.3 Å². The summed E-state index contributed by atoms with van der Waals surface area (Å²) in [5, 5.41) is 2.14. The van der Waals surface area contributed by atoms with Crippen molar-refractivity contribution in [3.63, 3.8) is 0 Å². The van der Waals surface area contributed by atoms with E-state index in [-0.39, 0.29) is 0 Å². The van der Waals surface area contributed by atoms with Crippen LogP contribution in [0.25, 0.3) is 0 Å². The molecule has 15 heavy (non-hydrogen) atoms. The van der Waals surface area contributed by atoms with Crippen LogP contribution in [0.1, 0.15) is 12.6 Å². The summed E-state index contributed by atoms with van der Waals surface area (Å²) in [6, 6.07) is 10.1. The van der Waals surface area contributed by atoms with Crippen molar-refractivity contribution in [3.8, 4) is 0 Å². The Balaban J connectivity index is 2.50. The second-order valence-electron chi connectivity index (χ2n) is 3.35. The molecule has 0 aliphatic carbocycles. The zero-order valence-electron chi connectivity index (χ0n) is 8.97. The Morgan fingerprint density at radius 3 is 2.67 bits per heavy atom. The average Bonchev–Trinajstić information content (AvgIpc) is 2.61. The van der Waals surface area contributed by atoms with Gasteiger partial charge in [0.1, 0.15) is 0 Å². The van der Waals surface area contributed by atoms with Gasteiger partial charge in [-0.05, 0) is 26.0 Å². The number of para-hydroxylation sites is 1. The molecule has 3 heteroatoms. The Bertz CT molecular complexity index is 494. The molecular weight excluding hydrogens is 204 g/mol. The van der Waals surface area contributed by atoms with Gasteiger partial charge < -0.3 is 4.57 Å². The number of rotatable bonds is 2. The molecule has 0 saturated carbocycles. The number of nitrogens with zero attached hydrogens (tertiary/aromatic N) is 2. The third kappa shape index (κ3) is 2.18. The largest absolute Gasteiger partial charge is 0.321 e. The maximum Gasteiger partial charge on any atom is 0.190 e. The van der Waals surface area contributed by atoms with E-state index in [4.69, 9.17) is 0 Å². The van der Waals surface area contributed by atoms with E-state index in [2.05, 4.69) is 28.8 Å². The molecule has 0 aliphatic rings. The van der Waals surface area contributed by atoms with Crippen LogP contribution in [0.4, 0.5) is 5.69 Å². The van der Waals surface area contributed by atoms with Crippen LogP contribution in [0.15, 0.2) is 40.7 Å². The fourth-order valence-corrected chi connectivity index (χ4v) is 2.46. The van der Waals surface area contributed by atoms with E-state index >= 15 is 0 Å². The van der Waals surface area contributed by atoms with E-state index < -0.39 is 0 Å². The highest BCUT2D eigenvalue weighted by Crippen LogP contribution is 2.09. The minimum absolute atomic E-state index is 0.973. The quantitative estimate of drug-likeness (QED) is 0.737. The minimum Gasteiger partial charge on any atom is -0.321 e. The van der Waals surface area contributed by atoms with Gasteiger partial charge in [0.15, 0.2) is 4.80 Å². The highest BCUT2D eigenvalue weighted by molar-refractivity contribution is 7.07. The Morgan fingerprint density at radius 2 is 2.00 bits per heavy atom. The summed E-state index contributed by atoms with van der Waals surface area (Å²) in [6.07, 6.45) is 0. The number of thiazole rings is 1. The van der Waals surface area contributed by atoms with Crippen LogP contribution in [0.2, 0.25) is 0 Å². The molecule has 0 bridgehead atoms. The molecule has 0 spiro atoms. The van der Waals surface area contributed by atoms with E-state index in [9.17, 15) is 0 Å². The summed E-state index contributed by atoms with van der Waals surface area (Å²) in [6.45, 7) is 5.23. The summed E-state index contributed by atoms with van der Waals surface area (Å²) in [5.41, 5.74) is 2.29. The van der Waals surface area contributed by atoms with Gasteiger partial charge in [0.25, 0.3) is 0 Å². The van der Waals surface area contributed by atoms with Crippen LogP contribution < -0.4 is 4.80 Å². The predicted octanol–water partition coefficient (Wildman–Crippen LogP) is 3.11. The van der Waals surface area contributed by atoms with E-state index in [0.717, 1.165) is 17.0 Å².